The monoisotopic (exact) mass is 305 g/mol. The van der Waals surface area contributed by atoms with Crippen LogP contribution in [0.3, 0.4) is 0 Å². The topological polar surface area (TPSA) is 57.6 Å². The molecule has 1 spiro atoms. The number of likely N-dealkylation sites (tertiary alicyclic amines) is 1. The zero-order chi connectivity index (χ0) is 15.0. The van der Waals surface area contributed by atoms with E-state index in [-0.39, 0.29) is 17.2 Å². The highest BCUT2D eigenvalue weighted by atomic mass is 32.2. The van der Waals surface area contributed by atoms with Gasteiger partial charge in [-0.05, 0) is 43.1 Å². The van der Waals surface area contributed by atoms with E-state index >= 15 is 0 Å². The lowest BCUT2D eigenvalue weighted by molar-refractivity contribution is -0.139. The number of aliphatic carboxylic acids is 1. The van der Waals surface area contributed by atoms with Crippen LogP contribution in [0.4, 0.5) is 0 Å². The standard InChI is InChI=1S/C16H19NO3S/c1-21-13-5-3-2-4-11(13)14(18)17-8-6-16(7-9-17)10-12(16)15(19)20/h2-5,12H,6-10H2,1H3,(H,19,20). The van der Waals surface area contributed by atoms with Gasteiger partial charge < -0.3 is 10.0 Å². The number of carbonyl (C=O) groups is 2. The molecule has 1 N–H and O–H groups in total. The van der Waals surface area contributed by atoms with Crippen LogP contribution in [0.15, 0.2) is 29.2 Å². The Hall–Kier alpha value is -1.49. The van der Waals surface area contributed by atoms with Crippen molar-refractivity contribution in [3.63, 3.8) is 0 Å². The number of nitrogens with zero attached hydrogens (tertiary/aromatic N) is 1. The Balaban J connectivity index is 1.67. The fraction of sp³-hybridized carbons (Fsp3) is 0.500. The third kappa shape index (κ3) is 2.55. The van der Waals surface area contributed by atoms with Crippen molar-refractivity contribution in [1.29, 1.82) is 0 Å². The summed E-state index contributed by atoms with van der Waals surface area (Å²) in [7, 11) is 0. The lowest BCUT2D eigenvalue weighted by Gasteiger charge is -2.33. The fourth-order valence-corrected chi connectivity index (χ4v) is 3.99. The smallest absolute Gasteiger partial charge is 0.307 e. The molecule has 3 rings (SSSR count). The summed E-state index contributed by atoms with van der Waals surface area (Å²) in [5, 5.41) is 9.11. The van der Waals surface area contributed by atoms with Crippen LogP contribution < -0.4 is 0 Å². The average molecular weight is 305 g/mol. The minimum absolute atomic E-state index is 0.0262. The molecule has 1 saturated carbocycles. The zero-order valence-electron chi connectivity index (χ0n) is 12.0. The van der Waals surface area contributed by atoms with E-state index < -0.39 is 5.97 Å². The van der Waals surface area contributed by atoms with E-state index in [0.29, 0.717) is 13.1 Å². The molecule has 112 valence electrons. The van der Waals surface area contributed by atoms with Crippen LogP contribution in [0.1, 0.15) is 29.6 Å². The Morgan fingerprint density at radius 1 is 1.29 bits per heavy atom. The van der Waals surface area contributed by atoms with Crippen molar-refractivity contribution in [3.8, 4) is 0 Å². The van der Waals surface area contributed by atoms with Gasteiger partial charge in [0.2, 0.25) is 0 Å². The Labute approximate surface area is 128 Å². The molecule has 4 nitrogen and oxygen atoms in total. The molecule has 2 aliphatic rings. The number of benzene rings is 1. The van der Waals surface area contributed by atoms with E-state index in [1.54, 1.807) is 11.8 Å². The molecule has 0 aromatic heterocycles. The van der Waals surface area contributed by atoms with Crippen molar-refractivity contribution in [1.82, 2.24) is 4.90 Å². The molecular weight excluding hydrogens is 286 g/mol. The summed E-state index contributed by atoms with van der Waals surface area (Å²) in [5.74, 6) is -0.793. The van der Waals surface area contributed by atoms with Crippen LogP contribution in [0, 0.1) is 11.3 Å². The maximum absolute atomic E-state index is 12.6. The second-order valence-electron chi connectivity index (χ2n) is 5.95. The molecule has 0 bridgehead atoms. The van der Waals surface area contributed by atoms with Gasteiger partial charge in [0.05, 0.1) is 11.5 Å². The van der Waals surface area contributed by atoms with Crippen molar-refractivity contribution < 1.29 is 14.7 Å². The summed E-state index contributed by atoms with van der Waals surface area (Å²) in [6.45, 7) is 1.34. The molecule has 1 amide bonds. The summed E-state index contributed by atoms with van der Waals surface area (Å²) in [6.07, 6.45) is 4.39. The van der Waals surface area contributed by atoms with Gasteiger partial charge in [0.15, 0.2) is 0 Å². The highest BCUT2D eigenvalue weighted by molar-refractivity contribution is 7.98. The SMILES string of the molecule is CSc1ccccc1C(=O)N1CCC2(CC1)CC2C(=O)O. The first-order valence-electron chi connectivity index (χ1n) is 7.22. The number of piperidine rings is 1. The molecule has 1 heterocycles. The highest BCUT2D eigenvalue weighted by Crippen LogP contribution is 2.59. The lowest BCUT2D eigenvalue weighted by atomic mass is 9.90. The lowest BCUT2D eigenvalue weighted by Crippen LogP contribution is -2.40. The number of carboxylic acids is 1. The molecule has 1 aromatic carbocycles. The molecule has 1 unspecified atom stereocenters. The van der Waals surface area contributed by atoms with E-state index in [2.05, 4.69) is 0 Å². The molecule has 1 aromatic rings. The molecule has 1 atom stereocenters. The van der Waals surface area contributed by atoms with Crippen molar-refractivity contribution in [3.05, 3.63) is 29.8 Å². The third-order valence-corrected chi connectivity index (χ3v) is 5.67. The number of carbonyl (C=O) groups excluding carboxylic acids is 1. The van der Waals surface area contributed by atoms with Crippen LogP contribution in [-0.4, -0.2) is 41.2 Å². The van der Waals surface area contributed by atoms with Crippen LogP contribution in [0.2, 0.25) is 0 Å². The zero-order valence-corrected chi connectivity index (χ0v) is 12.9. The fourth-order valence-electron chi connectivity index (χ4n) is 3.40. The minimum Gasteiger partial charge on any atom is -0.481 e. The number of thioether (sulfide) groups is 1. The number of carboxylic acid groups (broad SMARTS) is 1. The number of amides is 1. The van der Waals surface area contributed by atoms with Gasteiger partial charge in [-0.3, -0.25) is 9.59 Å². The predicted octanol–water partition coefficient (Wildman–Crippen LogP) is 2.74. The first-order valence-corrected chi connectivity index (χ1v) is 8.45. The molecule has 1 aliphatic carbocycles. The summed E-state index contributed by atoms with van der Waals surface area (Å²) >= 11 is 1.58. The first kappa shape index (κ1) is 14.4. The van der Waals surface area contributed by atoms with Crippen LogP contribution in [0.5, 0.6) is 0 Å². The second-order valence-corrected chi connectivity index (χ2v) is 6.80. The van der Waals surface area contributed by atoms with Gasteiger partial charge in [-0.2, -0.15) is 0 Å². The van der Waals surface area contributed by atoms with Crippen molar-refractivity contribution in [2.45, 2.75) is 24.2 Å². The maximum atomic E-state index is 12.6. The average Bonchev–Trinajstić information content (AvgIpc) is 3.21. The normalized spacial score (nSPS) is 23.1. The molecular formula is C16H19NO3S. The van der Waals surface area contributed by atoms with Gasteiger partial charge in [0.25, 0.3) is 5.91 Å². The quantitative estimate of drug-likeness (QED) is 0.872. The third-order valence-electron chi connectivity index (χ3n) is 4.87. The van der Waals surface area contributed by atoms with Crippen LogP contribution >= 0.6 is 11.8 Å². The molecule has 21 heavy (non-hydrogen) atoms. The van der Waals surface area contributed by atoms with Gasteiger partial charge in [-0.25, -0.2) is 0 Å². The summed E-state index contributed by atoms with van der Waals surface area (Å²) in [4.78, 5) is 26.6. The summed E-state index contributed by atoms with van der Waals surface area (Å²) in [6, 6.07) is 7.66. The van der Waals surface area contributed by atoms with Gasteiger partial charge in [0, 0.05) is 18.0 Å². The van der Waals surface area contributed by atoms with Crippen molar-refractivity contribution in [2.75, 3.05) is 19.3 Å². The Bertz CT molecular complexity index is 579. The molecule has 0 radical (unpaired) electrons. The second kappa shape index (κ2) is 5.37. The number of rotatable bonds is 3. The Morgan fingerprint density at radius 2 is 1.95 bits per heavy atom. The Kier molecular flexibility index (Phi) is 3.69. The molecule has 2 fully saturated rings. The molecule has 5 heteroatoms. The van der Waals surface area contributed by atoms with E-state index in [4.69, 9.17) is 5.11 Å². The van der Waals surface area contributed by atoms with Gasteiger partial charge >= 0.3 is 5.97 Å². The van der Waals surface area contributed by atoms with E-state index in [9.17, 15) is 9.59 Å². The number of hydrogen-bond acceptors (Lipinski definition) is 3. The number of hydrogen-bond donors (Lipinski definition) is 1. The van der Waals surface area contributed by atoms with Gasteiger partial charge in [-0.15, -0.1) is 11.8 Å². The van der Waals surface area contributed by atoms with Crippen LogP contribution in [-0.2, 0) is 4.79 Å². The van der Waals surface area contributed by atoms with E-state index in [1.807, 2.05) is 35.4 Å². The highest BCUT2D eigenvalue weighted by Gasteiger charge is 2.59. The van der Waals surface area contributed by atoms with Gasteiger partial charge in [0.1, 0.15) is 0 Å². The van der Waals surface area contributed by atoms with Gasteiger partial charge in [-0.1, -0.05) is 12.1 Å². The van der Waals surface area contributed by atoms with Crippen LogP contribution in [0.25, 0.3) is 0 Å². The molecule has 1 saturated heterocycles. The Morgan fingerprint density at radius 3 is 2.52 bits per heavy atom. The summed E-state index contributed by atoms with van der Waals surface area (Å²) in [5.41, 5.74) is 0.730. The summed E-state index contributed by atoms with van der Waals surface area (Å²) < 4.78 is 0. The largest absolute Gasteiger partial charge is 0.481 e. The molecule has 1 aliphatic heterocycles. The maximum Gasteiger partial charge on any atom is 0.307 e. The van der Waals surface area contributed by atoms with E-state index in [1.165, 1.54) is 0 Å². The van der Waals surface area contributed by atoms with E-state index in [0.717, 1.165) is 29.7 Å². The van der Waals surface area contributed by atoms with Crippen molar-refractivity contribution in [2.24, 2.45) is 11.3 Å². The predicted molar refractivity (Wildman–Crippen MR) is 81.5 cm³/mol. The minimum atomic E-state index is -0.678. The first-order chi connectivity index (χ1) is 10.1. The van der Waals surface area contributed by atoms with Crippen molar-refractivity contribution >= 4 is 23.6 Å².